The molecule has 1 aliphatic carbocycles. The highest BCUT2D eigenvalue weighted by Gasteiger charge is 2.47. The van der Waals surface area contributed by atoms with E-state index in [1.807, 2.05) is 0 Å². The molecule has 0 radical (unpaired) electrons. The second-order valence-electron chi connectivity index (χ2n) is 14.4. The molecule has 10 N–H and O–H groups in total. The predicted octanol–water partition coefficient (Wildman–Crippen LogP) is 3.67. The number of phenolic OH excluding ortho intramolecular Hbond substituents is 1. The number of anilines is 1. The summed E-state index contributed by atoms with van der Waals surface area (Å²) in [5.74, 6) is -1.79. The number of nitrogens with two attached hydrogens (primary N) is 1. The zero-order chi connectivity index (χ0) is 46.8. The SMILES string of the molecule is Nc1ncnc2c1ncn2[C@@H]1O[C@H](COP(=O)(O)OP(=O)(O)OP(=O)(O)OCCCCCCNC(=O)c2ccc(C(=O)O)c(-c3c4ccc(=O)cc-4oc4cc(O)ccc34)c2)[C@@H](O)[C@H]1O. The van der Waals surface area contributed by atoms with Crippen LogP contribution in [0.4, 0.5) is 5.82 Å². The molecule has 2 aromatic heterocycles. The molecular formula is C37H39N6O19P3. The number of ether oxygens (including phenoxy) is 1. The van der Waals surface area contributed by atoms with Gasteiger partial charge < -0.3 is 55.3 Å². The summed E-state index contributed by atoms with van der Waals surface area (Å²) in [4.78, 5) is 79.5. The molecule has 1 saturated heterocycles. The van der Waals surface area contributed by atoms with Crippen LogP contribution < -0.4 is 16.5 Å². The number of nitrogens with one attached hydrogen (secondary N) is 1. The summed E-state index contributed by atoms with van der Waals surface area (Å²) in [6.07, 6.45) is -2.58. The van der Waals surface area contributed by atoms with Crippen LogP contribution in [0.15, 0.2) is 76.5 Å². The van der Waals surface area contributed by atoms with Crippen LogP contribution in [0.2, 0.25) is 0 Å². The minimum Gasteiger partial charge on any atom is -0.508 e. The molecule has 1 amide bonds. The smallest absolute Gasteiger partial charge is 0.490 e. The number of carbonyl (C=O) groups excluding carboxylic acids is 1. The Hall–Kier alpha value is -5.49. The van der Waals surface area contributed by atoms with Gasteiger partial charge in [0.15, 0.2) is 23.1 Å². The molecular weight excluding hydrogens is 925 g/mol. The van der Waals surface area contributed by atoms with Crippen molar-refractivity contribution < 1.29 is 85.2 Å². The number of rotatable bonds is 19. The molecule has 65 heavy (non-hydrogen) atoms. The first-order valence-corrected chi connectivity index (χ1v) is 23.7. The number of phenols is 1. The van der Waals surface area contributed by atoms with Crippen LogP contribution in [0.25, 0.3) is 44.6 Å². The van der Waals surface area contributed by atoms with E-state index in [9.17, 15) is 63.2 Å². The van der Waals surface area contributed by atoms with Crippen LogP contribution in [-0.2, 0) is 36.1 Å². The minimum atomic E-state index is -5.83. The van der Waals surface area contributed by atoms with Gasteiger partial charge in [0.25, 0.3) is 5.91 Å². The number of carboxylic acid groups (broad SMARTS) is 1. The third-order valence-corrected chi connectivity index (χ3v) is 14.2. The van der Waals surface area contributed by atoms with Crippen molar-refractivity contribution in [3.05, 3.63) is 88.6 Å². The lowest BCUT2D eigenvalue weighted by Gasteiger charge is -2.20. The van der Waals surface area contributed by atoms with Crippen LogP contribution in [0.5, 0.6) is 5.75 Å². The van der Waals surface area contributed by atoms with E-state index in [0.717, 1.165) is 6.33 Å². The number of imidazole rings is 1. The van der Waals surface area contributed by atoms with Crippen molar-refractivity contribution in [2.24, 2.45) is 0 Å². The number of carboxylic acids is 1. The number of aromatic hydroxyl groups is 1. The van der Waals surface area contributed by atoms with Gasteiger partial charge in [0.2, 0.25) is 0 Å². The van der Waals surface area contributed by atoms with Gasteiger partial charge in [0, 0.05) is 40.8 Å². The summed E-state index contributed by atoms with van der Waals surface area (Å²) in [5, 5.41) is 44.3. The summed E-state index contributed by atoms with van der Waals surface area (Å²) < 4.78 is 67.4. The maximum absolute atomic E-state index is 13.2. The number of fused-ring (bicyclic) bond motifs is 3. The molecule has 0 spiro atoms. The molecule has 2 aromatic carbocycles. The van der Waals surface area contributed by atoms with E-state index < -0.39 is 73.1 Å². The van der Waals surface area contributed by atoms with Gasteiger partial charge in [-0.1, -0.05) is 12.8 Å². The second-order valence-corrected chi connectivity index (χ2v) is 19.0. The van der Waals surface area contributed by atoms with Gasteiger partial charge in [-0.2, -0.15) is 8.62 Å². The number of phosphoric acid groups is 3. The maximum atomic E-state index is 13.2. The molecule has 4 aromatic rings. The Kier molecular flexibility index (Phi) is 14.0. The first-order valence-electron chi connectivity index (χ1n) is 19.2. The number of nitrogens with zero attached hydrogens (tertiary/aromatic N) is 4. The summed E-state index contributed by atoms with van der Waals surface area (Å²) in [6, 6.07) is 12.3. The van der Waals surface area contributed by atoms with E-state index in [1.165, 1.54) is 65.5 Å². The number of aromatic nitrogens is 4. The number of unbranched alkanes of at least 4 members (excludes halogenated alkanes) is 3. The highest BCUT2D eigenvalue weighted by atomic mass is 31.3. The van der Waals surface area contributed by atoms with Gasteiger partial charge in [-0.15, -0.1) is 0 Å². The normalized spacial score (nSPS) is 20.4. The molecule has 25 nitrogen and oxygen atoms in total. The lowest BCUT2D eigenvalue weighted by Crippen LogP contribution is -2.33. The fourth-order valence-electron chi connectivity index (χ4n) is 6.94. The Morgan fingerprint density at radius 1 is 0.846 bits per heavy atom. The minimum absolute atomic E-state index is 0.0189. The van der Waals surface area contributed by atoms with Crippen LogP contribution in [0.1, 0.15) is 52.6 Å². The van der Waals surface area contributed by atoms with E-state index in [4.69, 9.17) is 14.9 Å². The van der Waals surface area contributed by atoms with Gasteiger partial charge in [0.1, 0.15) is 47.2 Å². The number of hydrogen-bond acceptors (Lipinski definition) is 19. The summed E-state index contributed by atoms with van der Waals surface area (Å²) in [7, 11) is -16.8. The Morgan fingerprint density at radius 2 is 1.58 bits per heavy atom. The van der Waals surface area contributed by atoms with Crippen molar-refractivity contribution in [1.29, 1.82) is 0 Å². The van der Waals surface area contributed by atoms with Gasteiger partial charge in [-0.25, -0.2) is 33.4 Å². The van der Waals surface area contributed by atoms with Crippen molar-refractivity contribution >= 4 is 63.3 Å². The van der Waals surface area contributed by atoms with Crippen LogP contribution in [0, 0.1) is 0 Å². The molecule has 3 unspecified atom stereocenters. The number of carbonyl (C=O) groups is 2. The third kappa shape index (κ3) is 11.0. The molecule has 1 fully saturated rings. The largest absolute Gasteiger partial charge is 0.508 e. The fourth-order valence-corrected chi connectivity index (χ4v) is 10.5. The average molecular weight is 965 g/mol. The summed E-state index contributed by atoms with van der Waals surface area (Å²) in [5.41, 5.74) is 6.74. The van der Waals surface area contributed by atoms with Gasteiger partial charge in [0.05, 0.1) is 25.1 Å². The Morgan fingerprint density at radius 3 is 2.34 bits per heavy atom. The van der Waals surface area contributed by atoms with E-state index in [2.05, 4.69) is 37.9 Å². The average Bonchev–Trinajstić information content (AvgIpc) is 3.78. The predicted molar refractivity (Wildman–Crippen MR) is 223 cm³/mol. The number of phosphoric ester groups is 2. The van der Waals surface area contributed by atoms with Gasteiger partial charge >= 0.3 is 29.4 Å². The second kappa shape index (κ2) is 19.2. The summed E-state index contributed by atoms with van der Waals surface area (Å²) >= 11 is 0. The Bertz CT molecular complexity index is 2950. The first kappa shape index (κ1) is 47.5. The van der Waals surface area contributed by atoms with Crippen molar-refractivity contribution in [3.8, 4) is 28.2 Å². The highest BCUT2D eigenvalue weighted by Crippen LogP contribution is 2.67. The number of benzene rings is 3. The van der Waals surface area contributed by atoms with Crippen molar-refractivity contribution in [2.75, 3.05) is 25.5 Å². The number of aliphatic hydroxyl groups is 2. The number of aliphatic hydroxyl groups excluding tert-OH is 2. The quantitative estimate of drug-likeness (QED) is 0.0317. The Balaban J connectivity index is 0.856. The topological polar surface area (TPSA) is 385 Å². The van der Waals surface area contributed by atoms with Gasteiger partial charge in [-0.3, -0.25) is 23.2 Å². The standard InChI is InChI=1S/C37H39N6O19P3/c38-33-30-34(41-17-40-33)43(18-42-30)36-32(47)31(46)28(60-36)16-58-64(53,54)62-65(55,56)61-63(51,52)57-12-4-2-1-3-11-39-35(48)19-5-8-22(37(49)50)25(13-19)29-23-9-6-20(44)14-26(23)59-27-15-21(45)7-10-24(27)29/h5-10,13-15,17-18,28,31-32,36,44,46-47H,1-4,11-12,16H2,(H,39,48)(H,49,50)(H,51,52)(H,53,54)(H,55,56)(H2,38,40,41)/t28-,31-,32-,36-/m1/s1. The molecule has 346 valence electrons. The van der Waals surface area contributed by atoms with Crippen LogP contribution in [0.3, 0.4) is 0 Å². The van der Waals surface area contributed by atoms with Crippen LogP contribution in [-0.4, -0.2) is 105 Å². The number of amides is 1. The van der Waals surface area contributed by atoms with Crippen molar-refractivity contribution in [2.45, 2.75) is 50.2 Å². The molecule has 2 aliphatic heterocycles. The van der Waals surface area contributed by atoms with Crippen molar-refractivity contribution in [3.63, 3.8) is 0 Å². The Labute approximate surface area is 365 Å². The zero-order valence-corrected chi connectivity index (χ0v) is 36.0. The molecule has 0 bridgehead atoms. The molecule has 28 heteroatoms. The molecule has 7 atom stereocenters. The summed E-state index contributed by atoms with van der Waals surface area (Å²) in [6.45, 7) is -1.32. The lowest BCUT2D eigenvalue weighted by molar-refractivity contribution is -0.0503. The first-order chi connectivity index (χ1) is 30.7. The maximum Gasteiger partial charge on any atom is 0.490 e. The molecule has 7 rings (SSSR count). The fraction of sp³-hybridized carbons (Fsp3) is 0.297. The number of aromatic carboxylic acids is 1. The third-order valence-electron chi connectivity index (χ3n) is 9.88. The van der Waals surface area contributed by atoms with Gasteiger partial charge in [-0.05, 0) is 60.9 Å². The van der Waals surface area contributed by atoms with Crippen LogP contribution >= 0.6 is 23.5 Å². The van der Waals surface area contributed by atoms with E-state index in [0.29, 0.717) is 35.8 Å². The lowest BCUT2D eigenvalue weighted by atomic mass is 9.89. The zero-order valence-electron chi connectivity index (χ0n) is 33.3. The number of nitrogen functional groups attached to an aromatic ring is 1. The van der Waals surface area contributed by atoms with E-state index in [1.54, 1.807) is 0 Å². The molecule has 0 saturated carbocycles. The molecule has 4 heterocycles. The van der Waals surface area contributed by atoms with E-state index in [-0.39, 0.29) is 69.2 Å². The monoisotopic (exact) mass is 964 g/mol. The highest BCUT2D eigenvalue weighted by molar-refractivity contribution is 7.66. The number of hydrogen-bond donors (Lipinski definition) is 9. The molecule has 3 aliphatic rings. The van der Waals surface area contributed by atoms with E-state index >= 15 is 0 Å². The van der Waals surface area contributed by atoms with Crippen molar-refractivity contribution in [1.82, 2.24) is 24.8 Å².